The maximum atomic E-state index is 12.6. The molecule has 4 amide bonds. The van der Waals surface area contributed by atoms with Crippen LogP contribution in [0.4, 0.5) is 5.82 Å². The van der Waals surface area contributed by atoms with Gasteiger partial charge in [0.2, 0.25) is 11.7 Å². The van der Waals surface area contributed by atoms with E-state index >= 15 is 0 Å². The van der Waals surface area contributed by atoms with Gasteiger partial charge in [0, 0.05) is 51.7 Å². The van der Waals surface area contributed by atoms with E-state index in [0.717, 1.165) is 5.56 Å². The van der Waals surface area contributed by atoms with E-state index in [9.17, 15) is 19.2 Å². The van der Waals surface area contributed by atoms with Gasteiger partial charge in [-0.3, -0.25) is 19.2 Å². The Morgan fingerprint density at radius 2 is 1.91 bits per heavy atom. The predicted octanol–water partition coefficient (Wildman–Crippen LogP) is -0.930. The van der Waals surface area contributed by atoms with Crippen molar-refractivity contribution in [3.05, 3.63) is 46.6 Å². The van der Waals surface area contributed by atoms with Crippen LogP contribution in [0.3, 0.4) is 0 Å². The first-order valence-electron chi connectivity index (χ1n) is 9.53. The van der Waals surface area contributed by atoms with Crippen LogP contribution in [0.1, 0.15) is 21.9 Å². The largest absolute Gasteiger partial charge is 0.347 e. The Kier molecular flexibility index (Phi) is 7.28. The maximum absolute atomic E-state index is 12.6. The first-order valence-corrected chi connectivity index (χ1v) is 9.90. The van der Waals surface area contributed by atoms with E-state index in [1.165, 1.54) is 37.3 Å². The molecule has 0 bridgehead atoms. The van der Waals surface area contributed by atoms with Gasteiger partial charge in [-0.15, -0.1) is 0 Å². The number of fused-ring (bicyclic) bond motifs is 1. The summed E-state index contributed by atoms with van der Waals surface area (Å²) in [6, 6.07) is 1.79. The normalized spacial score (nSPS) is 13.0. The molecule has 0 radical (unpaired) electrons. The summed E-state index contributed by atoms with van der Waals surface area (Å²) in [4.78, 5) is 62.6. The van der Waals surface area contributed by atoms with Gasteiger partial charge in [0.1, 0.15) is 11.9 Å². The number of nitrogens with one attached hydrogen (secondary N) is 4. The van der Waals surface area contributed by atoms with Gasteiger partial charge in [0.05, 0.1) is 10.7 Å². The molecule has 3 heterocycles. The molecule has 0 fully saturated rings. The lowest BCUT2D eigenvalue weighted by Gasteiger charge is -2.21. The Morgan fingerprint density at radius 1 is 1.12 bits per heavy atom. The van der Waals surface area contributed by atoms with Gasteiger partial charge in [-0.1, -0.05) is 11.6 Å². The standard InChI is InChI=1S/C19H21ClN8O4/c1-28(2)19(32)13(26-16(29)15-23-6-10-5-21-8-12(10)25-15)9-24-17(30)18(31)27-14-4-3-11(20)7-22-14/h3-4,6-7,13,21H,5,8-9H2,1-2H3,(H,24,30)(H,26,29)(H,22,27,31). The van der Waals surface area contributed by atoms with Crippen LogP contribution in [0.2, 0.25) is 5.02 Å². The molecule has 3 rings (SSSR count). The van der Waals surface area contributed by atoms with Crippen LogP contribution in [-0.2, 0) is 27.5 Å². The van der Waals surface area contributed by atoms with Gasteiger partial charge < -0.3 is 26.2 Å². The summed E-state index contributed by atoms with van der Waals surface area (Å²) in [5, 5.41) is 10.6. The lowest BCUT2D eigenvalue weighted by Crippen LogP contribution is -2.53. The highest BCUT2D eigenvalue weighted by Crippen LogP contribution is 2.11. The molecule has 0 spiro atoms. The lowest BCUT2D eigenvalue weighted by molar-refractivity contribution is -0.136. The summed E-state index contributed by atoms with van der Waals surface area (Å²) in [5.74, 6) is -3.12. The number of hydrogen-bond donors (Lipinski definition) is 4. The maximum Gasteiger partial charge on any atom is 0.314 e. The third-order valence-electron chi connectivity index (χ3n) is 4.45. The van der Waals surface area contributed by atoms with Crippen LogP contribution < -0.4 is 21.3 Å². The Bertz CT molecular complexity index is 1040. The quantitative estimate of drug-likeness (QED) is 0.402. The second-order valence-corrected chi connectivity index (χ2v) is 7.49. The van der Waals surface area contributed by atoms with Crippen molar-refractivity contribution >= 4 is 41.0 Å². The molecule has 0 aromatic carbocycles. The van der Waals surface area contributed by atoms with E-state index < -0.39 is 29.7 Å². The van der Waals surface area contributed by atoms with E-state index in [2.05, 4.69) is 36.2 Å². The number of nitrogens with zero attached hydrogens (tertiary/aromatic N) is 4. The number of hydrogen-bond acceptors (Lipinski definition) is 8. The summed E-state index contributed by atoms with van der Waals surface area (Å²) < 4.78 is 0. The molecule has 168 valence electrons. The number of aromatic nitrogens is 3. The number of carbonyl (C=O) groups is 4. The minimum Gasteiger partial charge on any atom is -0.347 e. The van der Waals surface area contributed by atoms with Crippen LogP contribution in [0.5, 0.6) is 0 Å². The number of carbonyl (C=O) groups excluding carboxylic acids is 4. The second kappa shape index (κ2) is 10.1. The number of likely N-dealkylation sites (N-methyl/N-ethyl adjacent to an activating group) is 1. The number of halogens is 1. The Balaban J connectivity index is 1.62. The number of pyridine rings is 1. The van der Waals surface area contributed by atoms with Crippen LogP contribution >= 0.6 is 11.6 Å². The van der Waals surface area contributed by atoms with Gasteiger partial charge in [-0.2, -0.15) is 0 Å². The summed E-state index contributed by atoms with van der Waals surface area (Å²) >= 11 is 5.73. The monoisotopic (exact) mass is 460 g/mol. The van der Waals surface area contributed by atoms with E-state index in [4.69, 9.17) is 11.6 Å². The second-order valence-electron chi connectivity index (χ2n) is 7.05. The van der Waals surface area contributed by atoms with Crippen LogP contribution in [0, 0.1) is 0 Å². The molecule has 1 atom stereocenters. The van der Waals surface area contributed by atoms with Crippen molar-refractivity contribution in [3.63, 3.8) is 0 Å². The van der Waals surface area contributed by atoms with Gasteiger partial charge in [0.15, 0.2) is 0 Å². The zero-order valence-electron chi connectivity index (χ0n) is 17.3. The number of rotatable bonds is 6. The SMILES string of the molecule is CN(C)C(=O)C(CNC(=O)C(=O)Nc1ccc(Cl)cn1)NC(=O)c1ncc2c(n1)CNC2. The molecule has 4 N–H and O–H groups in total. The van der Waals surface area contributed by atoms with Crippen molar-refractivity contribution in [2.45, 2.75) is 19.1 Å². The Morgan fingerprint density at radius 3 is 2.59 bits per heavy atom. The fraction of sp³-hybridized carbons (Fsp3) is 0.316. The highest BCUT2D eigenvalue weighted by molar-refractivity contribution is 6.39. The molecule has 32 heavy (non-hydrogen) atoms. The van der Waals surface area contributed by atoms with Crippen LogP contribution in [0.15, 0.2) is 24.5 Å². The van der Waals surface area contributed by atoms with Crippen LogP contribution in [-0.4, -0.2) is 70.2 Å². The van der Waals surface area contributed by atoms with Crippen molar-refractivity contribution in [2.24, 2.45) is 0 Å². The minimum absolute atomic E-state index is 0.0955. The topological polar surface area (TPSA) is 158 Å². The van der Waals surface area contributed by atoms with E-state index in [1.807, 2.05) is 0 Å². The summed E-state index contributed by atoms with van der Waals surface area (Å²) in [5.41, 5.74) is 1.61. The van der Waals surface area contributed by atoms with Crippen molar-refractivity contribution in [1.82, 2.24) is 35.8 Å². The Hall–Kier alpha value is -3.64. The molecular formula is C19H21ClN8O4. The fourth-order valence-electron chi connectivity index (χ4n) is 2.80. The smallest absolute Gasteiger partial charge is 0.314 e. The highest BCUT2D eigenvalue weighted by atomic mass is 35.5. The van der Waals surface area contributed by atoms with Gasteiger partial charge in [0.25, 0.3) is 5.91 Å². The first kappa shape index (κ1) is 23.0. The van der Waals surface area contributed by atoms with Crippen molar-refractivity contribution in [1.29, 1.82) is 0 Å². The molecule has 1 unspecified atom stereocenters. The summed E-state index contributed by atoms with van der Waals surface area (Å²) in [6.45, 7) is 0.819. The molecular weight excluding hydrogens is 440 g/mol. The molecule has 0 saturated heterocycles. The fourth-order valence-corrected chi connectivity index (χ4v) is 2.91. The molecule has 1 aliphatic rings. The molecule has 2 aromatic rings. The Labute approximate surface area is 188 Å². The van der Waals surface area contributed by atoms with Gasteiger partial charge in [-0.25, -0.2) is 15.0 Å². The van der Waals surface area contributed by atoms with Gasteiger partial charge in [-0.05, 0) is 12.1 Å². The average molecular weight is 461 g/mol. The molecule has 2 aromatic heterocycles. The third-order valence-corrected chi connectivity index (χ3v) is 4.67. The van der Waals surface area contributed by atoms with E-state index in [0.29, 0.717) is 23.8 Å². The third kappa shape index (κ3) is 5.74. The van der Waals surface area contributed by atoms with Crippen molar-refractivity contribution in [2.75, 3.05) is 26.0 Å². The van der Waals surface area contributed by atoms with Crippen molar-refractivity contribution < 1.29 is 19.2 Å². The minimum atomic E-state index is -1.14. The highest BCUT2D eigenvalue weighted by Gasteiger charge is 2.26. The molecule has 1 aliphatic heterocycles. The summed E-state index contributed by atoms with van der Waals surface area (Å²) in [6.07, 6.45) is 2.87. The molecule has 12 nitrogen and oxygen atoms in total. The van der Waals surface area contributed by atoms with Crippen molar-refractivity contribution in [3.8, 4) is 0 Å². The molecule has 13 heteroatoms. The number of amides is 4. The lowest BCUT2D eigenvalue weighted by atomic mass is 10.2. The zero-order chi connectivity index (χ0) is 23.3. The van der Waals surface area contributed by atoms with E-state index in [1.54, 1.807) is 6.20 Å². The summed E-state index contributed by atoms with van der Waals surface area (Å²) in [7, 11) is 3.00. The van der Waals surface area contributed by atoms with Gasteiger partial charge >= 0.3 is 11.8 Å². The average Bonchev–Trinajstić information content (AvgIpc) is 3.25. The van der Waals surface area contributed by atoms with E-state index in [-0.39, 0.29) is 18.2 Å². The number of anilines is 1. The molecule has 0 saturated carbocycles. The predicted molar refractivity (Wildman–Crippen MR) is 113 cm³/mol. The van der Waals surface area contributed by atoms with Crippen LogP contribution in [0.25, 0.3) is 0 Å². The molecule has 0 aliphatic carbocycles. The first-order chi connectivity index (χ1) is 15.2. The zero-order valence-corrected chi connectivity index (χ0v) is 18.1.